The molecule has 0 saturated carbocycles. The highest BCUT2D eigenvalue weighted by Gasteiger charge is 2.02. The fraction of sp³-hybridized carbons (Fsp3) is 0.455. The summed E-state index contributed by atoms with van der Waals surface area (Å²) in [6, 6.07) is 11.3. The van der Waals surface area contributed by atoms with Gasteiger partial charge < -0.3 is 0 Å². The summed E-state index contributed by atoms with van der Waals surface area (Å²) in [5, 5.41) is 0. The van der Waals surface area contributed by atoms with Crippen molar-refractivity contribution in [2.75, 3.05) is 13.1 Å². The molecule has 0 aliphatic heterocycles. The van der Waals surface area contributed by atoms with Crippen LogP contribution in [0.25, 0.3) is 0 Å². The van der Waals surface area contributed by atoms with Crippen LogP contribution in [0.2, 0.25) is 0 Å². The molecule has 0 atom stereocenters. The smallest absolute Gasteiger partial charge is 0.0309 e. The van der Waals surface area contributed by atoms with Crippen LogP contribution in [0.3, 0.4) is 0 Å². The second-order valence-corrected chi connectivity index (χ2v) is 3.98. The first-order chi connectivity index (χ1) is 6.36. The Morgan fingerprint density at radius 1 is 1.38 bits per heavy atom. The molecule has 1 aromatic carbocycles. The summed E-state index contributed by atoms with van der Waals surface area (Å²) in [6.45, 7) is 6.62. The maximum atomic E-state index is 3.21. The SMILES string of the molecule is CCCN(CC)Sc1[c]cccc1. The van der Waals surface area contributed by atoms with Crippen LogP contribution in [-0.2, 0) is 0 Å². The minimum absolute atomic E-state index is 1.08. The van der Waals surface area contributed by atoms with Crippen molar-refractivity contribution in [1.29, 1.82) is 0 Å². The molecule has 13 heavy (non-hydrogen) atoms. The molecule has 1 aromatic rings. The summed E-state index contributed by atoms with van der Waals surface area (Å²) in [4.78, 5) is 1.21. The standard InChI is InChI=1S/C11H16NS/c1-3-10-12(4-2)13-11-8-6-5-7-9-11/h5-8H,3-4,10H2,1-2H3. The molecule has 1 radical (unpaired) electrons. The quantitative estimate of drug-likeness (QED) is 0.662. The molecule has 0 heterocycles. The van der Waals surface area contributed by atoms with Crippen LogP contribution in [0, 0.1) is 6.07 Å². The molecular formula is C11H16NS. The van der Waals surface area contributed by atoms with Gasteiger partial charge >= 0.3 is 0 Å². The molecule has 0 aliphatic rings. The lowest BCUT2D eigenvalue weighted by molar-refractivity contribution is 0.493. The molecule has 0 aliphatic carbocycles. The molecule has 0 aromatic heterocycles. The van der Waals surface area contributed by atoms with Crippen molar-refractivity contribution in [3.63, 3.8) is 0 Å². The largest absolute Gasteiger partial charge is 0.247 e. The van der Waals surface area contributed by atoms with Crippen molar-refractivity contribution in [2.24, 2.45) is 0 Å². The lowest BCUT2D eigenvalue weighted by atomic mass is 10.4. The van der Waals surface area contributed by atoms with Gasteiger partial charge in [-0.15, -0.1) is 0 Å². The average Bonchev–Trinajstić information content (AvgIpc) is 2.19. The Hall–Kier alpha value is -0.470. The van der Waals surface area contributed by atoms with Crippen LogP contribution in [-0.4, -0.2) is 17.4 Å². The van der Waals surface area contributed by atoms with Crippen molar-refractivity contribution < 1.29 is 0 Å². The molecule has 0 spiro atoms. The molecule has 1 nitrogen and oxygen atoms in total. The van der Waals surface area contributed by atoms with E-state index >= 15 is 0 Å². The van der Waals surface area contributed by atoms with Gasteiger partial charge in [-0.2, -0.15) is 0 Å². The Balaban J connectivity index is 2.46. The first kappa shape index (κ1) is 10.6. The molecule has 0 amide bonds. The highest BCUT2D eigenvalue weighted by molar-refractivity contribution is 7.97. The van der Waals surface area contributed by atoms with Crippen LogP contribution < -0.4 is 0 Å². The second-order valence-electron chi connectivity index (χ2n) is 2.84. The third-order valence-corrected chi connectivity index (χ3v) is 2.88. The Kier molecular flexibility index (Phi) is 4.94. The van der Waals surface area contributed by atoms with E-state index in [0.29, 0.717) is 0 Å². The van der Waals surface area contributed by atoms with E-state index in [1.165, 1.54) is 11.3 Å². The van der Waals surface area contributed by atoms with E-state index in [4.69, 9.17) is 0 Å². The van der Waals surface area contributed by atoms with Gasteiger partial charge in [0.25, 0.3) is 0 Å². The highest BCUT2D eigenvalue weighted by atomic mass is 32.2. The molecular weight excluding hydrogens is 178 g/mol. The number of rotatable bonds is 5. The molecule has 0 N–H and O–H groups in total. The fourth-order valence-corrected chi connectivity index (χ4v) is 2.03. The second kappa shape index (κ2) is 6.06. The molecule has 0 saturated heterocycles. The Morgan fingerprint density at radius 3 is 2.77 bits per heavy atom. The minimum Gasteiger partial charge on any atom is -0.247 e. The summed E-state index contributed by atoms with van der Waals surface area (Å²) in [7, 11) is 0. The number of hydrogen-bond donors (Lipinski definition) is 0. The van der Waals surface area contributed by atoms with E-state index < -0.39 is 0 Å². The van der Waals surface area contributed by atoms with Crippen molar-refractivity contribution in [3.8, 4) is 0 Å². The van der Waals surface area contributed by atoms with Crippen LogP contribution in [0.4, 0.5) is 0 Å². The Labute approximate surface area is 85.3 Å². The van der Waals surface area contributed by atoms with Gasteiger partial charge in [0.15, 0.2) is 0 Å². The van der Waals surface area contributed by atoms with E-state index in [2.05, 4.69) is 36.4 Å². The van der Waals surface area contributed by atoms with E-state index in [0.717, 1.165) is 13.1 Å². The molecule has 0 fully saturated rings. The van der Waals surface area contributed by atoms with Gasteiger partial charge in [0.05, 0.1) is 0 Å². The zero-order valence-corrected chi connectivity index (χ0v) is 9.10. The first-order valence-electron chi connectivity index (χ1n) is 4.76. The van der Waals surface area contributed by atoms with Gasteiger partial charge in [-0.25, -0.2) is 4.31 Å². The molecule has 1 rings (SSSR count). The predicted octanol–water partition coefficient (Wildman–Crippen LogP) is 3.23. The number of hydrogen-bond acceptors (Lipinski definition) is 2. The Bertz CT molecular complexity index is 223. The number of benzene rings is 1. The van der Waals surface area contributed by atoms with Crippen molar-refractivity contribution in [3.05, 3.63) is 30.3 Å². The number of nitrogens with zero attached hydrogens (tertiary/aromatic N) is 1. The van der Waals surface area contributed by atoms with E-state index in [1.54, 1.807) is 11.9 Å². The van der Waals surface area contributed by atoms with Gasteiger partial charge in [0, 0.05) is 18.0 Å². The zero-order chi connectivity index (χ0) is 9.52. The molecule has 0 unspecified atom stereocenters. The summed E-state index contributed by atoms with van der Waals surface area (Å²) >= 11 is 1.79. The summed E-state index contributed by atoms with van der Waals surface area (Å²) in [5.41, 5.74) is 0. The van der Waals surface area contributed by atoms with E-state index in [-0.39, 0.29) is 0 Å². The lowest BCUT2D eigenvalue weighted by Gasteiger charge is -2.17. The van der Waals surface area contributed by atoms with Gasteiger partial charge in [0.1, 0.15) is 0 Å². The summed E-state index contributed by atoms with van der Waals surface area (Å²) < 4.78 is 2.35. The van der Waals surface area contributed by atoms with Crippen molar-refractivity contribution in [2.45, 2.75) is 25.2 Å². The summed E-state index contributed by atoms with van der Waals surface area (Å²) in [6.07, 6.45) is 1.20. The van der Waals surface area contributed by atoms with Gasteiger partial charge in [0.2, 0.25) is 0 Å². The van der Waals surface area contributed by atoms with Crippen LogP contribution in [0.1, 0.15) is 20.3 Å². The third kappa shape index (κ3) is 3.83. The van der Waals surface area contributed by atoms with Crippen LogP contribution in [0.5, 0.6) is 0 Å². The van der Waals surface area contributed by atoms with Gasteiger partial charge in [-0.3, -0.25) is 0 Å². The van der Waals surface area contributed by atoms with Gasteiger partial charge in [-0.1, -0.05) is 32.0 Å². The maximum absolute atomic E-state index is 3.21. The topological polar surface area (TPSA) is 3.24 Å². The van der Waals surface area contributed by atoms with Crippen molar-refractivity contribution in [1.82, 2.24) is 4.31 Å². The fourth-order valence-electron chi connectivity index (χ4n) is 1.09. The van der Waals surface area contributed by atoms with E-state index in [1.807, 2.05) is 12.1 Å². The zero-order valence-electron chi connectivity index (χ0n) is 8.29. The van der Waals surface area contributed by atoms with Gasteiger partial charge in [-0.05, 0) is 30.5 Å². The molecule has 2 heteroatoms. The lowest BCUT2D eigenvalue weighted by Crippen LogP contribution is -2.15. The Morgan fingerprint density at radius 2 is 2.23 bits per heavy atom. The molecule has 0 bridgehead atoms. The predicted molar refractivity (Wildman–Crippen MR) is 58.7 cm³/mol. The first-order valence-corrected chi connectivity index (χ1v) is 5.53. The van der Waals surface area contributed by atoms with E-state index in [9.17, 15) is 0 Å². The van der Waals surface area contributed by atoms with Crippen LogP contribution in [0.15, 0.2) is 29.2 Å². The summed E-state index contributed by atoms with van der Waals surface area (Å²) in [5.74, 6) is 0. The van der Waals surface area contributed by atoms with Crippen LogP contribution >= 0.6 is 11.9 Å². The molecule has 71 valence electrons. The average molecular weight is 194 g/mol. The monoisotopic (exact) mass is 194 g/mol. The normalized spacial score (nSPS) is 10.7. The maximum Gasteiger partial charge on any atom is 0.0309 e. The third-order valence-electron chi connectivity index (χ3n) is 1.73. The van der Waals surface area contributed by atoms with Crippen molar-refractivity contribution >= 4 is 11.9 Å². The minimum atomic E-state index is 1.08. The highest BCUT2D eigenvalue weighted by Crippen LogP contribution is 2.21.